The van der Waals surface area contributed by atoms with E-state index in [1.807, 2.05) is 6.92 Å². The van der Waals surface area contributed by atoms with Crippen molar-refractivity contribution in [3.05, 3.63) is 38.9 Å². The monoisotopic (exact) mass is 314 g/mol. The number of nitro groups is 1. The number of methoxy groups -OCH3 is 1. The van der Waals surface area contributed by atoms with E-state index in [1.54, 1.807) is 12.0 Å². The first-order valence-electron chi connectivity index (χ1n) is 6.73. The smallest absolute Gasteiger partial charge is 0.270 e. The van der Waals surface area contributed by atoms with Crippen LogP contribution < -0.4 is 0 Å². The van der Waals surface area contributed by atoms with Crippen molar-refractivity contribution >= 4 is 23.2 Å². The minimum atomic E-state index is -0.542. The van der Waals surface area contributed by atoms with E-state index in [1.165, 1.54) is 18.2 Å². The second kappa shape index (κ2) is 8.59. The highest BCUT2D eigenvalue weighted by Gasteiger charge is 2.20. The number of hydrogen-bond donors (Lipinski definition) is 0. The number of carbonyl (C=O) groups is 1. The number of non-ortho nitro benzene ring substituents is 1. The van der Waals surface area contributed by atoms with Gasteiger partial charge in [0.25, 0.3) is 11.6 Å². The van der Waals surface area contributed by atoms with Gasteiger partial charge in [-0.15, -0.1) is 0 Å². The van der Waals surface area contributed by atoms with Gasteiger partial charge in [-0.2, -0.15) is 0 Å². The number of unbranched alkanes of at least 4 members (excludes halogenated alkanes) is 1. The highest BCUT2D eigenvalue weighted by molar-refractivity contribution is 6.34. The molecule has 6 nitrogen and oxygen atoms in total. The summed E-state index contributed by atoms with van der Waals surface area (Å²) in [5.41, 5.74) is 0.142. The summed E-state index contributed by atoms with van der Waals surface area (Å²) in [6.07, 6.45) is 1.84. The zero-order chi connectivity index (χ0) is 15.8. The van der Waals surface area contributed by atoms with Crippen molar-refractivity contribution in [2.24, 2.45) is 0 Å². The molecule has 0 radical (unpaired) electrons. The molecule has 0 aromatic heterocycles. The third kappa shape index (κ3) is 4.99. The molecule has 1 rings (SSSR count). The minimum absolute atomic E-state index is 0.0908. The molecule has 116 valence electrons. The quantitative estimate of drug-likeness (QED) is 0.546. The van der Waals surface area contributed by atoms with Crippen LogP contribution in [0.3, 0.4) is 0 Å². The first-order valence-corrected chi connectivity index (χ1v) is 7.11. The molecule has 0 N–H and O–H groups in total. The third-order valence-electron chi connectivity index (χ3n) is 3.03. The largest absolute Gasteiger partial charge is 0.383 e. The number of rotatable bonds is 8. The van der Waals surface area contributed by atoms with Gasteiger partial charge in [0.1, 0.15) is 0 Å². The molecule has 0 heterocycles. The molecule has 0 unspecified atom stereocenters. The average molecular weight is 315 g/mol. The van der Waals surface area contributed by atoms with Gasteiger partial charge in [0.2, 0.25) is 0 Å². The van der Waals surface area contributed by atoms with Crippen molar-refractivity contribution in [2.45, 2.75) is 19.8 Å². The molecule has 0 atom stereocenters. The van der Waals surface area contributed by atoms with Gasteiger partial charge in [-0.25, -0.2) is 0 Å². The van der Waals surface area contributed by atoms with Crippen molar-refractivity contribution < 1.29 is 14.5 Å². The molecule has 0 fully saturated rings. The molecule has 1 aromatic carbocycles. The van der Waals surface area contributed by atoms with E-state index in [0.717, 1.165) is 12.8 Å². The Morgan fingerprint density at radius 3 is 2.67 bits per heavy atom. The standard InChI is InChI=1S/C14H19ClN2O4/c1-3-4-7-16(8-9-21-2)14(18)12-6-5-11(17(19)20)10-13(12)15/h5-6,10H,3-4,7-9H2,1-2H3. The van der Waals surface area contributed by atoms with Gasteiger partial charge in [-0.3, -0.25) is 14.9 Å². The van der Waals surface area contributed by atoms with Crippen LogP contribution in [0.2, 0.25) is 5.02 Å². The van der Waals surface area contributed by atoms with Crippen LogP contribution in [0.1, 0.15) is 30.1 Å². The fourth-order valence-electron chi connectivity index (χ4n) is 1.83. The lowest BCUT2D eigenvalue weighted by molar-refractivity contribution is -0.384. The maximum Gasteiger partial charge on any atom is 0.270 e. The lowest BCUT2D eigenvalue weighted by Gasteiger charge is -2.22. The van der Waals surface area contributed by atoms with Crippen LogP contribution >= 0.6 is 11.6 Å². The number of benzene rings is 1. The maximum atomic E-state index is 12.5. The molecule has 0 aliphatic carbocycles. The van der Waals surface area contributed by atoms with E-state index < -0.39 is 4.92 Å². The molecule has 0 saturated heterocycles. The van der Waals surface area contributed by atoms with E-state index in [4.69, 9.17) is 16.3 Å². The predicted octanol–water partition coefficient (Wildman–Crippen LogP) is 3.14. The topological polar surface area (TPSA) is 72.7 Å². The molecule has 1 aromatic rings. The zero-order valence-electron chi connectivity index (χ0n) is 12.2. The van der Waals surface area contributed by atoms with Crippen molar-refractivity contribution in [2.75, 3.05) is 26.8 Å². The number of hydrogen-bond acceptors (Lipinski definition) is 4. The van der Waals surface area contributed by atoms with E-state index in [9.17, 15) is 14.9 Å². The Morgan fingerprint density at radius 2 is 2.14 bits per heavy atom. The first kappa shape index (κ1) is 17.4. The van der Waals surface area contributed by atoms with Crippen molar-refractivity contribution in [3.63, 3.8) is 0 Å². The molecule has 0 aliphatic heterocycles. The van der Waals surface area contributed by atoms with Gasteiger partial charge in [0, 0.05) is 32.3 Å². The summed E-state index contributed by atoms with van der Waals surface area (Å²) < 4.78 is 5.00. The summed E-state index contributed by atoms with van der Waals surface area (Å²) in [6, 6.07) is 3.88. The number of carbonyl (C=O) groups excluding carboxylic acids is 1. The van der Waals surface area contributed by atoms with Gasteiger partial charge in [-0.1, -0.05) is 24.9 Å². The Bertz CT molecular complexity index is 500. The summed E-state index contributed by atoms with van der Waals surface area (Å²) in [6.45, 7) is 3.53. The minimum Gasteiger partial charge on any atom is -0.383 e. The normalized spacial score (nSPS) is 10.4. The molecular formula is C14H19ClN2O4. The second-order valence-corrected chi connectivity index (χ2v) is 4.97. The van der Waals surface area contributed by atoms with Crippen molar-refractivity contribution in [1.29, 1.82) is 0 Å². The van der Waals surface area contributed by atoms with Gasteiger partial charge in [-0.05, 0) is 12.5 Å². The van der Waals surface area contributed by atoms with Crippen LogP contribution in [0.15, 0.2) is 18.2 Å². The van der Waals surface area contributed by atoms with Gasteiger partial charge in [0.05, 0.1) is 22.1 Å². The lowest BCUT2D eigenvalue weighted by atomic mass is 10.1. The van der Waals surface area contributed by atoms with E-state index in [0.29, 0.717) is 19.7 Å². The molecule has 7 heteroatoms. The summed E-state index contributed by atoms with van der Waals surface area (Å²) in [5.74, 6) is -0.236. The first-order chi connectivity index (χ1) is 10.0. The van der Waals surface area contributed by atoms with Crippen LogP contribution in [0.5, 0.6) is 0 Å². The Kier molecular flexibility index (Phi) is 7.11. The summed E-state index contributed by atoms with van der Waals surface area (Å²) >= 11 is 6.00. The summed E-state index contributed by atoms with van der Waals surface area (Å²) in [5, 5.41) is 10.8. The maximum absolute atomic E-state index is 12.5. The Balaban J connectivity index is 2.94. The lowest BCUT2D eigenvalue weighted by Crippen LogP contribution is -2.35. The molecule has 0 spiro atoms. The van der Waals surface area contributed by atoms with E-state index in [-0.39, 0.29) is 22.2 Å². The Labute approximate surface area is 128 Å². The highest BCUT2D eigenvalue weighted by atomic mass is 35.5. The predicted molar refractivity (Wildman–Crippen MR) is 80.8 cm³/mol. The average Bonchev–Trinajstić information content (AvgIpc) is 2.46. The van der Waals surface area contributed by atoms with Crippen LogP contribution in [-0.4, -0.2) is 42.5 Å². The van der Waals surface area contributed by atoms with Gasteiger partial charge in [0.15, 0.2) is 0 Å². The second-order valence-electron chi connectivity index (χ2n) is 4.56. The number of ether oxygens (including phenoxy) is 1. The molecule has 0 saturated carbocycles. The fraction of sp³-hybridized carbons (Fsp3) is 0.500. The SMILES string of the molecule is CCCCN(CCOC)C(=O)c1ccc([N+](=O)[O-])cc1Cl. The zero-order valence-corrected chi connectivity index (χ0v) is 12.9. The van der Waals surface area contributed by atoms with Crippen molar-refractivity contribution in [1.82, 2.24) is 4.90 Å². The van der Waals surface area contributed by atoms with Crippen LogP contribution in [0, 0.1) is 10.1 Å². The van der Waals surface area contributed by atoms with Gasteiger partial charge >= 0.3 is 0 Å². The molecule has 1 amide bonds. The molecule has 0 aliphatic rings. The number of halogens is 1. The highest BCUT2D eigenvalue weighted by Crippen LogP contribution is 2.23. The number of nitrogens with zero attached hydrogens (tertiary/aromatic N) is 2. The van der Waals surface area contributed by atoms with Gasteiger partial charge < -0.3 is 9.64 Å². The van der Waals surface area contributed by atoms with Crippen LogP contribution in [0.25, 0.3) is 0 Å². The Morgan fingerprint density at radius 1 is 1.43 bits per heavy atom. The molecule has 0 bridgehead atoms. The number of nitro benzene ring substituents is 1. The molecule has 21 heavy (non-hydrogen) atoms. The van der Waals surface area contributed by atoms with E-state index >= 15 is 0 Å². The summed E-state index contributed by atoms with van der Waals surface area (Å²) in [7, 11) is 1.57. The number of amides is 1. The van der Waals surface area contributed by atoms with E-state index in [2.05, 4.69) is 0 Å². The van der Waals surface area contributed by atoms with Crippen LogP contribution in [0.4, 0.5) is 5.69 Å². The molecular weight excluding hydrogens is 296 g/mol. The third-order valence-corrected chi connectivity index (χ3v) is 3.34. The van der Waals surface area contributed by atoms with Crippen LogP contribution in [-0.2, 0) is 4.74 Å². The fourth-order valence-corrected chi connectivity index (χ4v) is 2.08. The Hall–Kier alpha value is -1.66. The van der Waals surface area contributed by atoms with Crippen molar-refractivity contribution in [3.8, 4) is 0 Å². The summed E-state index contributed by atoms with van der Waals surface area (Å²) in [4.78, 5) is 24.3.